The number of rotatable bonds is 6. The predicted octanol–water partition coefficient (Wildman–Crippen LogP) is 4.85. The van der Waals surface area contributed by atoms with Crippen LogP contribution in [0.5, 0.6) is 11.5 Å². The quantitative estimate of drug-likeness (QED) is 0.333. The van der Waals surface area contributed by atoms with Crippen molar-refractivity contribution in [1.82, 2.24) is 9.97 Å². The van der Waals surface area contributed by atoms with Crippen molar-refractivity contribution in [3.05, 3.63) is 73.1 Å². The standard InChI is InChI=1S/C24H22N2O4/c1-15(2)23(27)29-20-9-5-17(6-10-20)19-13-25-22(26-14-19)18-7-11-21(12-8-18)30-24(28)16(3)4/h5-15H,3H2,1-2,4H3. The third-order valence-electron chi connectivity index (χ3n) is 4.20. The minimum Gasteiger partial charge on any atom is -0.426 e. The van der Waals surface area contributed by atoms with Crippen molar-refractivity contribution in [3.8, 4) is 34.0 Å². The maximum Gasteiger partial charge on any atom is 0.338 e. The first-order valence-electron chi connectivity index (χ1n) is 9.46. The maximum atomic E-state index is 11.7. The summed E-state index contributed by atoms with van der Waals surface area (Å²) in [6.07, 6.45) is 3.46. The molecule has 0 aliphatic heterocycles. The molecule has 6 nitrogen and oxygen atoms in total. The van der Waals surface area contributed by atoms with Crippen molar-refractivity contribution in [3.63, 3.8) is 0 Å². The van der Waals surface area contributed by atoms with Crippen LogP contribution < -0.4 is 9.47 Å². The normalized spacial score (nSPS) is 10.5. The van der Waals surface area contributed by atoms with E-state index in [4.69, 9.17) is 9.47 Å². The van der Waals surface area contributed by atoms with E-state index in [0.717, 1.165) is 16.7 Å². The lowest BCUT2D eigenvalue weighted by Crippen LogP contribution is -2.14. The number of ether oxygens (including phenoxy) is 2. The Morgan fingerprint density at radius 2 is 1.30 bits per heavy atom. The molecule has 1 heterocycles. The first-order valence-corrected chi connectivity index (χ1v) is 9.46. The fourth-order valence-corrected chi connectivity index (χ4v) is 2.44. The van der Waals surface area contributed by atoms with E-state index >= 15 is 0 Å². The molecule has 3 rings (SSSR count). The Balaban J connectivity index is 1.69. The van der Waals surface area contributed by atoms with Gasteiger partial charge in [-0.1, -0.05) is 32.6 Å². The molecular weight excluding hydrogens is 380 g/mol. The van der Waals surface area contributed by atoms with Gasteiger partial charge in [-0.05, 0) is 48.9 Å². The zero-order chi connectivity index (χ0) is 21.7. The van der Waals surface area contributed by atoms with Gasteiger partial charge in [-0.25, -0.2) is 14.8 Å². The molecule has 0 saturated carbocycles. The summed E-state index contributed by atoms with van der Waals surface area (Å²) >= 11 is 0. The summed E-state index contributed by atoms with van der Waals surface area (Å²) in [5.74, 6) is 0.574. The van der Waals surface area contributed by atoms with Gasteiger partial charge in [-0.15, -0.1) is 0 Å². The van der Waals surface area contributed by atoms with Crippen LogP contribution in [0.1, 0.15) is 20.8 Å². The average molecular weight is 402 g/mol. The van der Waals surface area contributed by atoms with Crippen LogP contribution in [-0.4, -0.2) is 21.9 Å². The predicted molar refractivity (Wildman–Crippen MR) is 114 cm³/mol. The highest BCUT2D eigenvalue weighted by Gasteiger charge is 2.10. The smallest absolute Gasteiger partial charge is 0.338 e. The third-order valence-corrected chi connectivity index (χ3v) is 4.20. The lowest BCUT2D eigenvalue weighted by atomic mass is 10.1. The van der Waals surface area contributed by atoms with Gasteiger partial charge in [0.15, 0.2) is 5.82 Å². The summed E-state index contributed by atoms with van der Waals surface area (Å²) in [6, 6.07) is 14.1. The highest BCUT2D eigenvalue weighted by Crippen LogP contribution is 2.24. The van der Waals surface area contributed by atoms with Gasteiger partial charge in [0.05, 0.1) is 5.92 Å². The molecule has 0 unspecified atom stereocenters. The van der Waals surface area contributed by atoms with Gasteiger partial charge in [-0.3, -0.25) is 4.79 Å². The number of nitrogens with zero attached hydrogens (tertiary/aromatic N) is 2. The van der Waals surface area contributed by atoms with E-state index in [1.807, 2.05) is 12.1 Å². The van der Waals surface area contributed by atoms with E-state index in [1.54, 1.807) is 69.6 Å². The van der Waals surface area contributed by atoms with Crippen molar-refractivity contribution in [1.29, 1.82) is 0 Å². The molecule has 0 fully saturated rings. The highest BCUT2D eigenvalue weighted by atomic mass is 16.5. The van der Waals surface area contributed by atoms with Crippen LogP contribution in [0.2, 0.25) is 0 Å². The number of esters is 2. The van der Waals surface area contributed by atoms with Gasteiger partial charge in [0.1, 0.15) is 11.5 Å². The Labute approximate surface area is 175 Å². The summed E-state index contributed by atoms with van der Waals surface area (Å²) in [5, 5.41) is 0. The van der Waals surface area contributed by atoms with E-state index in [2.05, 4.69) is 16.5 Å². The molecule has 0 aliphatic rings. The number of aromatic nitrogens is 2. The molecule has 2 aromatic carbocycles. The largest absolute Gasteiger partial charge is 0.426 e. The molecule has 0 saturated heterocycles. The lowest BCUT2D eigenvalue weighted by molar-refractivity contribution is -0.137. The van der Waals surface area contributed by atoms with Gasteiger partial charge in [0.2, 0.25) is 0 Å². The maximum absolute atomic E-state index is 11.7. The summed E-state index contributed by atoms with van der Waals surface area (Å²) < 4.78 is 10.5. The monoisotopic (exact) mass is 402 g/mol. The van der Waals surface area contributed by atoms with Crippen LogP contribution in [-0.2, 0) is 9.59 Å². The topological polar surface area (TPSA) is 78.4 Å². The second-order valence-electron chi connectivity index (χ2n) is 7.09. The Morgan fingerprint density at radius 1 is 0.800 bits per heavy atom. The second-order valence-corrected chi connectivity index (χ2v) is 7.09. The summed E-state index contributed by atoms with van der Waals surface area (Å²) in [5.41, 5.74) is 2.89. The summed E-state index contributed by atoms with van der Waals surface area (Å²) in [4.78, 5) is 32.1. The van der Waals surface area contributed by atoms with E-state index < -0.39 is 5.97 Å². The van der Waals surface area contributed by atoms with Crippen LogP contribution in [0.4, 0.5) is 0 Å². The lowest BCUT2D eigenvalue weighted by Gasteiger charge is -2.08. The second kappa shape index (κ2) is 9.13. The molecule has 0 amide bonds. The molecule has 0 N–H and O–H groups in total. The number of carbonyl (C=O) groups excluding carboxylic acids is 2. The minimum atomic E-state index is -0.464. The highest BCUT2D eigenvalue weighted by molar-refractivity contribution is 5.88. The van der Waals surface area contributed by atoms with Gasteiger partial charge < -0.3 is 9.47 Å². The fourth-order valence-electron chi connectivity index (χ4n) is 2.44. The van der Waals surface area contributed by atoms with Gasteiger partial charge >= 0.3 is 11.9 Å². The zero-order valence-corrected chi connectivity index (χ0v) is 17.1. The van der Waals surface area contributed by atoms with Crippen molar-refractivity contribution in [2.75, 3.05) is 0 Å². The molecule has 0 radical (unpaired) electrons. The fraction of sp³-hybridized carbons (Fsp3) is 0.167. The van der Waals surface area contributed by atoms with E-state index in [-0.39, 0.29) is 11.9 Å². The minimum absolute atomic E-state index is 0.183. The molecule has 1 aromatic heterocycles. The van der Waals surface area contributed by atoms with Gasteiger partial charge in [-0.2, -0.15) is 0 Å². The molecule has 0 atom stereocenters. The molecule has 6 heteroatoms. The molecule has 0 aliphatic carbocycles. The Hall–Kier alpha value is -3.80. The Morgan fingerprint density at radius 3 is 1.80 bits per heavy atom. The Kier molecular flexibility index (Phi) is 6.37. The van der Waals surface area contributed by atoms with Crippen LogP contribution >= 0.6 is 0 Å². The van der Waals surface area contributed by atoms with Crippen LogP contribution in [0, 0.1) is 5.92 Å². The first kappa shape index (κ1) is 20.9. The van der Waals surface area contributed by atoms with Crippen LogP contribution in [0.25, 0.3) is 22.5 Å². The van der Waals surface area contributed by atoms with Crippen molar-refractivity contribution in [2.45, 2.75) is 20.8 Å². The number of hydrogen-bond donors (Lipinski definition) is 0. The molecular formula is C24H22N2O4. The van der Waals surface area contributed by atoms with E-state index in [0.29, 0.717) is 22.9 Å². The SMILES string of the molecule is C=C(C)C(=O)Oc1ccc(-c2ncc(-c3ccc(OC(=O)C(C)C)cc3)cn2)cc1. The number of carbonyl (C=O) groups is 2. The Bertz CT molecular complexity index is 1050. The van der Waals surface area contributed by atoms with E-state index in [1.165, 1.54) is 0 Å². The van der Waals surface area contributed by atoms with Gasteiger partial charge in [0.25, 0.3) is 0 Å². The molecule has 0 bridgehead atoms. The van der Waals surface area contributed by atoms with E-state index in [9.17, 15) is 9.59 Å². The zero-order valence-electron chi connectivity index (χ0n) is 17.1. The number of benzene rings is 2. The molecule has 3 aromatic rings. The van der Waals surface area contributed by atoms with Crippen LogP contribution in [0.3, 0.4) is 0 Å². The summed E-state index contributed by atoms with van der Waals surface area (Å²) in [6.45, 7) is 8.73. The van der Waals surface area contributed by atoms with Crippen molar-refractivity contribution < 1.29 is 19.1 Å². The van der Waals surface area contributed by atoms with Crippen LogP contribution in [0.15, 0.2) is 73.1 Å². The van der Waals surface area contributed by atoms with Gasteiger partial charge in [0, 0.05) is 29.1 Å². The third kappa shape index (κ3) is 5.17. The first-order chi connectivity index (χ1) is 14.3. The molecule has 30 heavy (non-hydrogen) atoms. The van der Waals surface area contributed by atoms with Crippen molar-refractivity contribution in [2.24, 2.45) is 5.92 Å². The molecule has 152 valence electrons. The molecule has 0 spiro atoms. The average Bonchev–Trinajstić information content (AvgIpc) is 2.75. The number of hydrogen-bond acceptors (Lipinski definition) is 6. The van der Waals surface area contributed by atoms with Crippen molar-refractivity contribution >= 4 is 11.9 Å². The summed E-state index contributed by atoms with van der Waals surface area (Å²) in [7, 11) is 0.